The van der Waals surface area contributed by atoms with Crippen molar-refractivity contribution in [2.24, 2.45) is 0 Å². The smallest absolute Gasteiger partial charge is 0.0952 e. The van der Waals surface area contributed by atoms with Crippen molar-refractivity contribution in [2.45, 2.75) is 31.4 Å². The van der Waals surface area contributed by atoms with Crippen LogP contribution >= 0.6 is 11.6 Å². The molecule has 0 amide bonds. The minimum Gasteiger partial charge on any atom is -0.387 e. The predicted octanol–water partition coefficient (Wildman–Crippen LogP) is 5.07. The maximum Gasteiger partial charge on any atom is 0.0952 e. The third kappa shape index (κ3) is 3.35. The number of hydrogen-bond donors (Lipinski definition) is 1. The van der Waals surface area contributed by atoms with E-state index in [1.165, 1.54) is 12.8 Å². The zero-order valence-electron chi connectivity index (χ0n) is 14.9. The average Bonchev–Trinajstić information content (AvgIpc) is 2.67. The van der Waals surface area contributed by atoms with Crippen LogP contribution in [0.3, 0.4) is 0 Å². The van der Waals surface area contributed by atoms with Crippen molar-refractivity contribution >= 4 is 22.5 Å². The van der Waals surface area contributed by atoms with Crippen molar-refractivity contribution in [3.05, 3.63) is 65.2 Å². The van der Waals surface area contributed by atoms with Gasteiger partial charge in [0.05, 0.1) is 17.3 Å². The van der Waals surface area contributed by atoms with Gasteiger partial charge in [-0.25, -0.2) is 4.98 Å². The number of rotatable bonds is 3. The van der Waals surface area contributed by atoms with Gasteiger partial charge in [0.25, 0.3) is 0 Å². The highest BCUT2D eigenvalue weighted by atomic mass is 35.5. The summed E-state index contributed by atoms with van der Waals surface area (Å²) in [6.07, 6.45) is 2.86. The van der Waals surface area contributed by atoms with Crippen LogP contribution in [-0.4, -0.2) is 34.6 Å². The second kappa shape index (κ2) is 7.36. The largest absolute Gasteiger partial charge is 0.387 e. The molecule has 1 unspecified atom stereocenters. The Morgan fingerprint density at radius 2 is 1.88 bits per heavy atom. The van der Waals surface area contributed by atoms with E-state index in [-0.39, 0.29) is 6.04 Å². The first-order valence-electron chi connectivity index (χ1n) is 9.17. The van der Waals surface area contributed by atoms with Crippen LogP contribution in [0.4, 0.5) is 0 Å². The topological polar surface area (TPSA) is 36.4 Å². The second-order valence-electron chi connectivity index (χ2n) is 7.11. The highest BCUT2D eigenvalue weighted by molar-refractivity contribution is 6.30. The summed E-state index contributed by atoms with van der Waals surface area (Å²) in [4.78, 5) is 7.10. The first kappa shape index (κ1) is 17.5. The normalized spacial score (nSPS) is 19.6. The Morgan fingerprint density at radius 1 is 1.12 bits per heavy atom. The van der Waals surface area contributed by atoms with Crippen LogP contribution in [0.25, 0.3) is 22.2 Å². The molecule has 0 saturated carbocycles. The second-order valence-corrected chi connectivity index (χ2v) is 7.55. The molecule has 0 spiro atoms. The van der Waals surface area contributed by atoms with Gasteiger partial charge in [-0.15, -0.1) is 0 Å². The van der Waals surface area contributed by atoms with Crippen LogP contribution in [0.2, 0.25) is 5.02 Å². The molecule has 0 aliphatic carbocycles. The number of piperidine rings is 1. The Hall–Kier alpha value is -1.94. The molecule has 1 saturated heterocycles. The number of aliphatic hydroxyl groups excluding tert-OH is 1. The van der Waals surface area contributed by atoms with Crippen LogP contribution in [0, 0.1) is 0 Å². The number of pyridine rings is 1. The van der Waals surface area contributed by atoms with Gasteiger partial charge in [-0.05, 0) is 56.3 Å². The molecule has 4 rings (SSSR count). The van der Waals surface area contributed by atoms with Crippen LogP contribution in [-0.2, 0) is 0 Å². The summed E-state index contributed by atoms with van der Waals surface area (Å²) in [5, 5.41) is 13.0. The Kier molecular flexibility index (Phi) is 4.94. The van der Waals surface area contributed by atoms with Crippen molar-refractivity contribution in [1.82, 2.24) is 9.88 Å². The molecule has 1 aromatic heterocycles. The molecule has 1 fully saturated rings. The third-order valence-electron chi connectivity index (χ3n) is 5.40. The van der Waals surface area contributed by atoms with Gasteiger partial charge in [-0.2, -0.15) is 0 Å². The Bertz CT molecular complexity index is 910. The van der Waals surface area contributed by atoms with Crippen molar-refractivity contribution < 1.29 is 5.11 Å². The first-order valence-corrected chi connectivity index (χ1v) is 9.55. The van der Waals surface area contributed by atoms with Gasteiger partial charge in [0.2, 0.25) is 0 Å². The monoisotopic (exact) mass is 366 g/mol. The van der Waals surface area contributed by atoms with E-state index in [9.17, 15) is 5.11 Å². The van der Waals surface area contributed by atoms with E-state index >= 15 is 0 Å². The van der Waals surface area contributed by atoms with E-state index in [4.69, 9.17) is 16.6 Å². The third-order valence-corrected chi connectivity index (χ3v) is 5.65. The number of aliphatic hydroxyl groups is 1. The van der Waals surface area contributed by atoms with Gasteiger partial charge in [-0.1, -0.05) is 48.4 Å². The molecule has 3 nitrogen and oxygen atoms in total. The SMILES string of the molecule is CN1CCCCC1[C@@H](O)c1cc(-c2ccc(Cl)cc2)nc2ccccc12. The van der Waals surface area contributed by atoms with Gasteiger partial charge in [-0.3, -0.25) is 0 Å². The number of nitrogens with zero attached hydrogens (tertiary/aromatic N) is 2. The summed E-state index contributed by atoms with van der Waals surface area (Å²) in [6.45, 7) is 1.04. The fourth-order valence-corrected chi connectivity index (χ4v) is 4.05. The zero-order chi connectivity index (χ0) is 18.1. The number of fused-ring (bicyclic) bond motifs is 1. The average molecular weight is 367 g/mol. The number of aromatic nitrogens is 1. The highest BCUT2D eigenvalue weighted by Gasteiger charge is 2.28. The fourth-order valence-electron chi connectivity index (χ4n) is 3.92. The Balaban J connectivity index is 1.83. The van der Waals surface area contributed by atoms with Crippen molar-refractivity contribution in [3.8, 4) is 11.3 Å². The minimum absolute atomic E-state index is 0.146. The van der Waals surface area contributed by atoms with Crippen LogP contribution in [0.1, 0.15) is 30.9 Å². The Labute approximate surface area is 159 Å². The van der Waals surface area contributed by atoms with E-state index in [1.54, 1.807) is 0 Å². The minimum atomic E-state index is -0.528. The van der Waals surface area contributed by atoms with Gasteiger partial charge in [0.15, 0.2) is 0 Å². The van der Waals surface area contributed by atoms with Crippen molar-refractivity contribution in [3.63, 3.8) is 0 Å². The highest BCUT2D eigenvalue weighted by Crippen LogP contribution is 2.34. The number of para-hydroxylation sites is 1. The van der Waals surface area contributed by atoms with E-state index in [0.717, 1.165) is 40.7 Å². The van der Waals surface area contributed by atoms with E-state index in [1.807, 2.05) is 48.5 Å². The lowest BCUT2D eigenvalue weighted by Gasteiger charge is -2.36. The molecule has 2 aromatic carbocycles. The molecule has 2 atom stereocenters. The standard InChI is InChI=1S/C22H23ClN2O/c1-25-13-5-4-8-21(25)22(26)18-14-20(15-9-11-16(23)12-10-15)24-19-7-3-2-6-17(18)19/h2-3,6-7,9-12,14,21-22,26H,4-5,8,13H2,1H3/t21?,22-/m0/s1. The van der Waals surface area contributed by atoms with E-state index < -0.39 is 6.10 Å². The van der Waals surface area contributed by atoms with Gasteiger partial charge in [0.1, 0.15) is 0 Å². The summed E-state index contributed by atoms with van der Waals surface area (Å²) in [6, 6.07) is 17.9. The molecular formula is C22H23ClN2O. The van der Waals surface area contributed by atoms with E-state index in [2.05, 4.69) is 18.0 Å². The van der Waals surface area contributed by atoms with Crippen LogP contribution in [0.15, 0.2) is 54.6 Å². The molecule has 4 heteroatoms. The summed E-state index contributed by atoms with van der Waals surface area (Å²) >= 11 is 6.03. The molecule has 26 heavy (non-hydrogen) atoms. The number of likely N-dealkylation sites (N-methyl/N-ethyl adjacent to an activating group) is 1. The summed E-state index contributed by atoms with van der Waals surface area (Å²) in [5.74, 6) is 0. The lowest BCUT2D eigenvalue weighted by Crippen LogP contribution is -2.40. The maximum atomic E-state index is 11.2. The molecular weight excluding hydrogens is 344 g/mol. The van der Waals surface area contributed by atoms with Gasteiger partial charge < -0.3 is 10.0 Å². The zero-order valence-corrected chi connectivity index (χ0v) is 15.7. The molecule has 134 valence electrons. The molecule has 0 radical (unpaired) electrons. The van der Waals surface area contributed by atoms with Gasteiger partial charge >= 0.3 is 0 Å². The lowest BCUT2D eigenvalue weighted by molar-refractivity contribution is 0.0412. The number of hydrogen-bond acceptors (Lipinski definition) is 3. The molecule has 0 bridgehead atoms. The number of benzene rings is 2. The molecule has 1 N–H and O–H groups in total. The summed E-state index contributed by atoms with van der Waals surface area (Å²) < 4.78 is 0. The quantitative estimate of drug-likeness (QED) is 0.702. The molecule has 1 aliphatic heterocycles. The Morgan fingerprint density at radius 3 is 2.65 bits per heavy atom. The summed E-state index contributed by atoms with van der Waals surface area (Å²) in [7, 11) is 2.11. The maximum absolute atomic E-state index is 11.2. The molecule has 3 aromatic rings. The van der Waals surface area contributed by atoms with Crippen LogP contribution in [0.5, 0.6) is 0 Å². The van der Waals surface area contributed by atoms with Gasteiger partial charge in [0, 0.05) is 22.0 Å². The molecule has 2 heterocycles. The summed E-state index contributed by atoms with van der Waals surface area (Å²) in [5.41, 5.74) is 3.74. The van der Waals surface area contributed by atoms with Crippen LogP contribution < -0.4 is 0 Å². The number of likely N-dealkylation sites (tertiary alicyclic amines) is 1. The lowest BCUT2D eigenvalue weighted by atomic mass is 9.91. The number of halogens is 1. The van der Waals surface area contributed by atoms with E-state index in [0.29, 0.717) is 5.02 Å². The first-order chi connectivity index (χ1) is 12.6. The van der Waals surface area contributed by atoms with Crippen molar-refractivity contribution in [2.75, 3.05) is 13.6 Å². The predicted molar refractivity (Wildman–Crippen MR) is 107 cm³/mol. The fraction of sp³-hybridized carbons (Fsp3) is 0.318. The molecule has 1 aliphatic rings. The van der Waals surface area contributed by atoms with Crippen molar-refractivity contribution in [1.29, 1.82) is 0 Å².